The molecule has 4 nitrogen and oxygen atoms in total. The standard InChI is InChI=1S/C5H10N4/c1-4-5(6)3-7-9(2)8-4/h3,8H,6H2,1-2H3. The average Bonchev–Trinajstić information content (AvgIpc) is 1.80. The van der Waals surface area contributed by atoms with Gasteiger partial charge < -0.3 is 5.73 Å². The van der Waals surface area contributed by atoms with Gasteiger partial charge in [-0.15, -0.1) is 0 Å². The zero-order chi connectivity index (χ0) is 6.85. The Hall–Kier alpha value is -1.19. The van der Waals surface area contributed by atoms with Gasteiger partial charge in [-0.25, -0.2) is 5.12 Å². The number of hydrazine groups is 1. The third-order valence-electron chi connectivity index (χ3n) is 1.13. The van der Waals surface area contributed by atoms with Crippen LogP contribution in [0.25, 0.3) is 0 Å². The number of allylic oxidation sites excluding steroid dienone is 2. The van der Waals surface area contributed by atoms with Crippen LogP contribution in [0.5, 0.6) is 0 Å². The first-order valence-corrected chi connectivity index (χ1v) is 2.71. The normalized spacial score (nSPS) is 18.2. The summed E-state index contributed by atoms with van der Waals surface area (Å²) in [7, 11) is 1.81. The summed E-state index contributed by atoms with van der Waals surface area (Å²) in [6, 6.07) is 0. The molecule has 0 aromatic carbocycles. The Morgan fingerprint density at radius 1 is 1.78 bits per heavy atom. The fourth-order valence-corrected chi connectivity index (χ4v) is 0.582. The van der Waals surface area contributed by atoms with Crippen molar-refractivity contribution in [3.8, 4) is 0 Å². The lowest BCUT2D eigenvalue weighted by Crippen LogP contribution is -2.33. The quantitative estimate of drug-likeness (QED) is 0.465. The van der Waals surface area contributed by atoms with E-state index in [0.29, 0.717) is 5.70 Å². The maximum Gasteiger partial charge on any atom is 0.0738 e. The maximum atomic E-state index is 5.48. The van der Waals surface area contributed by atoms with E-state index in [0.717, 1.165) is 5.70 Å². The third kappa shape index (κ3) is 1.13. The predicted octanol–water partition coefficient (Wildman–Crippen LogP) is -0.388. The predicted molar refractivity (Wildman–Crippen MR) is 36.3 cm³/mol. The zero-order valence-electron chi connectivity index (χ0n) is 5.55. The number of nitrogens with one attached hydrogen (secondary N) is 1. The Labute approximate surface area is 54.0 Å². The average molecular weight is 126 g/mol. The van der Waals surface area contributed by atoms with Crippen molar-refractivity contribution in [3.05, 3.63) is 11.4 Å². The number of nitrogens with zero attached hydrogens (tertiary/aromatic N) is 2. The van der Waals surface area contributed by atoms with Crippen LogP contribution >= 0.6 is 0 Å². The van der Waals surface area contributed by atoms with Crippen LogP contribution in [-0.2, 0) is 0 Å². The van der Waals surface area contributed by atoms with E-state index in [2.05, 4.69) is 10.5 Å². The lowest BCUT2D eigenvalue weighted by molar-refractivity contribution is 0.275. The molecule has 0 radical (unpaired) electrons. The lowest BCUT2D eigenvalue weighted by Gasteiger charge is -2.20. The Morgan fingerprint density at radius 2 is 2.44 bits per heavy atom. The highest BCUT2D eigenvalue weighted by atomic mass is 15.7. The molecule has 1 aliphatic heterocycles. The molecule has 0 saturated carbocycles. The summed E-state index contributed by atoms with van der Waals surface area (Å²) in [6.45, 7) is 1.90. The second-order valence-electron chi connectivity index (χ2n) is 1.96. The minimum Gasteiger partial charge on any atom is -0.396 e. The van der Waals surface area contributed by atoms with Crippen molar-refractivity contribution in [2.45, 2.75) is 6.92 Å². The van der Waals surface area contributed by atoms with Crippen LogP contribution in [0, 0.1) is 0 Å². The van der Waals surface area contributed by atoms with Gasteiger partial charge in [0.05, 0.1) is 17.6 Å². The van der Waals surface area contributed by atoms with E-state index >= 15 is 0 Å². The molecule has 0 aromatic rings. The summed E-state index contributed by atoms with van der Waals surface area (Å²) in [5.41, 5.74) is 10.0. The molecule has 0 unspecified atom stereocenters. The van der Waals surface area contributed by atoms with Gasteiger partial charge in [-0.2, -0.15) is 5.10 Å². The largest absolute Gasteiger partial charge is 0.396 e. The summed E-state index contributed by atoms with van der Waals surface area (Å²) >= 11 is 0. The maximum absolute atomic E-state index is 5.48. The van der Waals surface area contributed by atoms with Gasteiger partial charge in [-0.1, -0.05) is 0 Å². The number of nitrogens with two attached hydrogens (primary N) is 1. The molecule has 3 N–H and O–H groups in total. The number of hydrazone groups is 1. The number of hydrogen-bond donors (Lipinski definition) is 2. The highest BCUT2D eigenvalue weighted by Crippen LogP contribution is 1.97. The van der Waals surface area contributed by atoms with Gasteiger partial charge >= 0.3 is 0 Å². The highest BCUT2D eigenvalue weighted by molar-refractivity contribution is 5.78. The van der Waals surface area contributed by atoms with Crippen molar-refractivity contribution in [2.24, 2.45) is 10.8 Å². The van der Waals surface area contributed by atoms with E-state index in [1.54, 1.807) is 11.3 Å². The van der Waals surface area contributed by atoms with Crippen molar-refractivity contribution >= 4 is 6.21 Å². The fourth-order valence-electron chi connectivity index (χ4n) is 0.582. The molecule has 9 heavy (non-hydrogen) atoms. The van der Waals surface area contributed by atoms with Crippen LogP contribution in [-0.4, -0.2) is 18.4 Å². The van der Waals surface area contributed by atoms with E-state index in [9.17, 15) is 0 Å². The molecule has 0 fully saturated rings. The van der Waals surface area contributed by atoms with Gasteiger partial charge in [0, 0.05) is 7.05 Å². The summed E-state index contributed by atoms with van der Waals surface area (Å²) in [5.74, 6) is 0. The minimum absolute atomic E-state index is 0.688. The molecule has 0 spiro atoms. The molecule has 0 aromatic heterocycles. The summed E-state index contributed by atoms with van der Waals surface area (Å²) < 4.78 is 0. The minimum atomic E-state index is 0.688. The van der Waals surface area contributed by atoms with E-state index in [1.165, 1.54) is 0 Å². The molecule has 1 aliphatic rings. The Bertz CT molecular complexity index is 170. The lowest BCUT2D eigenvalue weighted by atomic mass is 10.4. The summed E-state index contributed by atoms with van der Waals surface area (Å²) in [5, 5.41) is 5.48. The highest BCUT2D eigenvalue weighted by Gasteiger charge is 2.01. The van der Waals surface area contributed by atoms with E-state index < -0.39 is 0 Å². The Balaban J connectivity index is 2.75. The first kappa shape index (κ1) is 5.94. The molecule has 1 heterocycles. The molecule has 4 heteroatoms. The third-order valence-corrected chi connectivity index (χ3v) is 1.13. The van der Waals surface area contributed by atoms with Gasteiger partial charge in [0.25, 0.3) is 0 Å². The van der Waals surface area contributed by atoms with Crippen molar-refractivity contribution in [1.29, 1.82) is 0 Å². The molecule has 1 rings (SSSR count). The van der Waals surface area contributed by atoms with Crippen LogP contribution in [0.3, 0.4) is 0 Å². The van der Waals surface area contributed by atoms with Crippen molar-refractivity contribution in [3.63, 3.8) is 0 Å². The van der Waals surface area contributed by atoms with Crippen LogP contribution < -0.4 is 11.2 Å². The molecular formula is C5H10N4. The van der Waals surface area contributed by atoms with Crippen molar-refractivity contribution in [2.75, 3.05) is 7.05 Å². The topological polar surface area (TPSA) is 53.6 Å². The van der Waals surface area contributed by atoms with E-state index in [-0.39, 0.29) is 0 Å². The number of rotatable bonds is 0. The molecule has 0 amide bonds. The van der Waals surface area contributed by atoms with Crippen LogP contribution in [0.2, 0.25) is 0 Å². The number of hydrogen-bond acceptors (Lipinski definition) is 4. The Morgan fingerprint density at radius 3 is 2.89 bits per heavy atom. The van der Waals surface area contributed by atoms with Crippen molar-refractivity contribution in [1.82, 2.24) is 10.5 Å². The van der Waals surface area contributed by atoms with E-state index in [4.69, 9.17) is 5.73 Å². The first-order chi connectivity index (χ1) is 4.20. The summed E-state index contributed by atoms with van der Waals surface area (Å²) in [4.78, 5) is 0. The van der Waals surface area contributed by atoms with Gasteiger partial charge in [0.2, 0.25) is 0 Å². The summed E-state index contributed by atoms with van der Waals surface area (Å²) in [6.07, 6.45) is 1.62. The van der Waals surface area contributed by atoms with E-state index in [1.807, 2.05) is 14.0 Å². The second-order valence-corrected chi connectivity index (χ2v) is 1.96. The van der Waals surface area contributed by atoms with Crippen LogP contribution in [0.1, 0.15) is 6.92 Å². The molecule has 0 saturated heterocycles. The van der Waals surface area contributed by atoms with Crippen LogP contribution in [0.15, 0.2) is 16.5 Å². The molecule has 0 aliphatic carbocycles. The molecule has 0 atom stereocenters. The van der Waals surface area contributed by atoms with Crippen LogP contribution in [0.4, 0.5) is 0 Å². The monoisotopic (exact) mass is 126 g/mol. The SMILES string of the molecule is CC1=C(N)C=NN(C)N1. The van der Waals surface area contributed by atoms with Crippen molar-refractivity contribution < 1.29 is 0 Å². The molecular weight excluding hydrogens is 116 g/mol. The van der Waals surface area contributed by atoms with Gasteiger partial charge in [0.15, 0.2) is 0 Å². The molecule has 0 bridgehead atoms. The smallest absolute Gasteiger partial charge is 0.0738 e. The first-order valence-electron chi connectivity index (χ1n) is 2.71. The van der Waals surface area contributed by atoms with Gasteiger partial charge in [-0.05, 0) is 6.92 Å². The second kappa shape index (κ2) is 1.97. The van der Waals surface area contributed by atoms with Gasteiger partial charge in [0.1, 0.15) is 0 Å². The Kier molecular flexibility index (Phi) is 1.30. The van der Waals surface area contributed by atoms with Gasteiger partial charge in [-0.3, -0.25) is 5.43 Å². The molecule has 50 valence electrons. The fraction of sp³-hybridized carbons (Fsp3) is 0.400. The zero-order valence-corrected chi connectivity index (χ0v) is 5.55.